The molecule has 0 saturated carbocycles. The number of anilines is 1. The van der Waals surface area contributed by atoms with Gasteiger partial charge in [0.25, 0.3) is 0 Å². The third kappa shape index (κ3) is 4.48. The van der Waals surface area contributed by atoms with Crippen LogP contribution in [-0.4, -0.2) is 60.5 Å². The molecule has 5 heteroatoms. The number of nitrogens with one attached hydrogen (secondary N) is 1. The molecule has 0 aliphatic carbocycles. The Hall–Kier alpha value is -2.24. The van der Waals surface area contributed by atoms with Crippen LogP contribution in [0.3, 0.4) is 0 Å². The minimum absolute atomic E-state index is 0.0107. The van der Waals surface area contributed by atoms with Gasteiger partial charge in [-0.05, 0) is 45.1 Å². The van der Waals surface area contributed by atoms with Crippen molar-refractivity contribution in [2.75, 3.05) is 39.0 Å². The molecule has 1 fully saturated rings. The first-order chi connectivity index (χ1) is 12.4. The molecule has 0 radical (unpaired) electrons. The van der Waals surface area contributed by atoms with Gasteiger partial charge in [0, 0.05) is 31.2 Å². The summed E-state index contributed by atoms with van der Waals surface area (Å²) in [5, 5.41) is 2.90. The molecular formula is C21H28N4O. The monoisotopic (exact) mass is 352 g/mol. The van der Waals surface area contributed by atoms with Crippen LogP contribution in [0.25, 0.3) is 0 Å². The molecule has 0 spiro atoms. The topological polar surface area (TPSA) is 48.5 Å². The number of carbonyl (C=O) groups is 1. The van der Waals surface area contributed by atoms with Crippen molar-refractivity contribution < 1.29 is 4.79 Å². The summed E-state index contributed by atoms with van der Waals surface area (Å²) in [7, 11) is 4.23. The average molecular weight is 352 g/mol. The second kappa shape index (κ2) is 7.98. The first-order valence-corrected chi connectivity index (χ1v) is 9.10. The summed E-state index contributed by atoms with van der Waals surface area (Å²) < 4.78 is 0. The minimum Gasteiger partial charge on any atom is -0.310 e. The summed E-state index contributed by atoms with van der Waals surface area (Å²) in [4.78, 5) is 21.2. The first-order valence-electron chi connectivity index (χ1n) is 9.10. The molecule has 1 aromatic heterocycles. The van der Waals surface area contributed by atoms with Crippen LogP contribution in [0.1, 0.15) is 22.6 Å². The Morgan fingerprint density at radius 1 is 1.12 bits per heavy atom. The quantitative estimate of drug-likeness (QED) is 0.899. The summed E-state index contributed by atoms with van der Waals surface area (Å²) in [6.07, 6.45) is 1.76. The SMILES string of the molecule is Cc1ccc([C@@H]2CN(CC(=O)Nc3ccc(C)cn3)C[C@H]2N(C)C)cc1. The fraction of sp³-hybridized carbons (Fsp3) is 0.429. The van der Waals surface area contributed by atoms with E-state index in [1.807, 2.05) is 19.1 Å². The molecule has 3 rings (SSSR count). The number of hydrogen-bond acceptors (Lipinski definition) is 4. The van der Waals surface area contributed by atoms with Crippen LogP contribution in [0.5, 0.6) is 0 Å². The molecule has 1 N–H and O–H groups in total. The lowest BCUT2D eigenvalue weighted by molar-refractivity contribution is -0.117. The van der Waals surface area contributed by atoms with Crippen LogP contribution in [0, 0.1) is 13.8 Å². The molecule has 26 heavy (non-hydrogen) atoms. The number of likely N-dealkylation sites (N-methyl/N-ethyl adjacent to an activating group) is 1. The van der Waals surface area contributed by atoms with Crippen LogP contribution in [0.4, 0.5) is 5.82 Å². The largest absolute Gasteiger partial charge is 0.310 e. The molecule has 5 nitrogen and oxygen atoms in total. The highest BCUT2D eigenvalue weighted by molar-refractivity contribution is 5.91. The van der Waals surface area contributed by atoms with Crippen molar-refractivity contribution in [3.63, 3.8) is 0 Å². The smallest absolute Gasteiger partial charge is 0.239 e. The van der Waals surface area contributed by atoms with Crippen LogP contribution in [-0.2, 0) is 4.79 Å². The molecule has 138 valence electrons. The number of amides is 1. The van der Waals surface area contributed by atoms with Crippen molar-refractivity contribution in [2.45, 2.75) is 25.8 Å². The number of benzene rings is 1. The molecule has 0 bridgehead atoms. The lowest BCUT2D eigenvalue weighted by Crippen LogP contribution is -2.36. The van der Waals surface area contributed by atoms with Crippen molar-refractivity contribution >= 4 is 11.7 Å². The van der Waals surface area contributed by atoms with Gasteiger partial charge in [0.2, 0.25) is 5.91 Å². The molecule has 1 aromatic carbocycles. The van der Waals surface area contributed by atoms with E-state index < -0.39 is 0 Å². The minimum atomic E-state index is -0.0107. The van der Waals surface area contributed by atoms with Gasteiger partial charge in [0.1, 0.15) is 5.82 Å². The van der Waals surface area contributed by atoms with E-state index in [2.05, 4.69) is 65.4 Å². The number of nitrogens with zero attached hydrogens (tertiary/aromatic N) is 3. The Balaban J connectivity index is 1.64. The second-order valence-electron chi connectivity index (χ2n) is 7.51. The Morgan fingerprint density at radius 2 is 1.81 bits per heavy atom. The van der Waals surface area contributed by atoms with E-state index in [1.54, 1.807) is 6.20 Å². The Morgan fingerprint density at radius 3 is 2.42 bits per heavy atom. The third-order valence-electron chi connectivity index (χ3n) is 5.08. The highest BCUT2D eigenvalue weighted by atomic mass is 16.2. The van der Waals surface area contributed by atoms with Crippen molar-refractivity contribution in [1.29, 1.82) is 0 Å². The summed E-state index contributed by atoms with van der Waals surface area (Å²) in [5.41, 5.74) is 3.70. The summed E-state index contributed by atoms with van der Waals surface area (Å²) in [6, 6.07) is 13.0. The predicted molar refractivity (Wildman–Crippen MR) is 105 cm³/mol. The Labute approximate surface area is 156 Å². The number of pyridine rings is 1. The number of rotatable bonds is 5. The standard InChI is InChI=1S/C21H28N4O/c1-15-5-8-17(9-6-15)18-12-25(13-19(18)24(3)4)14-21(26)23-20-10-7-16(2)11-22-20/h5-11,18-19H,12-14H2,1-4H3,(H,22,23,26)/t18-,19+/m0/s1. The summed E-state index contributed by atoms with van der Waals surface area (Å²) >= 11 is 0. The zero-order valence-electron chi connectivity index (χ0n) is 16.1. The van der Waals surface area contributed by atoms with Gasteiger partial charge in [0.05, 0.1) is 6.54 Å². The summed E-state index contributed by atoms with van der Waals surface area (Å²) in [5.74, 6) is 1.01. The lowest BCUT2D eigenvalue weighted by Gasteiger charge is -2.25. The van der Waals surface area contributed by atoms with Crippen molar-refractivity contribution in [3.05, 3.63) is 59.3 Å². The van der Waals surface area contributed by atoms with Gasteiger partial charge in [-0.2, -0.15) is 0 Å². The molecule has 0 unspecified atom stereocenters. The molecule has 2 heterocycles. The summed E-state index contributed by atoms with van der Waals surface area (Å²) in [6.45, 7) is 6.26. The van der Waals surface area contributed by atoms with Gasteiger partial charge in [-0.25, -0.2) is 4.98 Å². The van der Waals surface area contributed by atoms with Gasteiger partial charge >= 0.3 is 0 Å². The molecule has 1 amide bonds. The van der Waals surface area contributed by atoms with Gasteiger partial charge < -0.3 is 10.2 Å². The van der Waals surface area contributed by atoms with E-state index >= 15 is 0 Å². The third-order valence-corrected chi connectivity index (χ3v) is 5.08. The second-order valence-corrected chi connectivity index (χ2v) is 7.51. The lowest BCUT2D eigenvalue weighted by atomic mass is 9.93. The zero-order valence-corrected chi connectivity index (χ0v) is 16.1. The van der Waals surface area contributed by atoms with E-state index in [1.165, 1.54) is 11.1 Å². The van der Waals surface area contributed by atoms with E-state index in [4.69, 9.17) is 0 Å². The van der Waals surface area contributed by atoms with Crippen molar-refractivity contribution in [1.82, 2.24) is 14.8 Å². The number of aryl methyl sites for hydroxylation is 2. The van der Waals surface area contributed by atoms with E-state index in [-0.39, 0.29) is 5.91 Å². The van der Waals surface area contributed by atoms with Crippen molar-refractivity contribution in [2.24, 2.45) is 0 Å². The first kappa shape index (κ1) is 18.5. The van der Waals surface area contributed by atoms with Crippen LogP contribution in [0.2, 0.25) is 0 Å². The average Bonchev–Trinajstić information content (AvgIpc) is 3.01. The fourth-order valence-electron chi connectivity index (χ4n) is 3.59. The maximum absolute atomic E-state index is 12.4. The molecule has 1 aliphatic heterocycles. The fourth-order valence-corrected chi connectivity index (χ4v) is 3.59. The van der Waals surface area contributed by atoms with E-state index in [0.29, 0.717) is 24.3 Å². The van der Waals surface area contributed by atoms with Crippen LogP contribution >= 0.6 is 0 Å². The molecule has 1 saturated heterocycles. The van der Waals surface area contributed by atoms with E-state index in [0.717, 1.165) is 18.7 Å². The molecule has 2 aromatic rings. The highest BCUT2D eigenvalue weighted by Crippen LogP contribution is 2.30. The number of carbonyl (C=O) groups excluding carboxylic acids is 1. The molecular weight excluding hydrogens is 324 g/mol. The van der Waals surface area contributed by atoms with Gasteiger partial charge in [-0.3, -0.25) is 9.69 Å². The Kier molecular flexibility index (Phi) is 5.69. The molecule has 2 atom stereocenters. The van der Waals surface area contributed by atoms with Crippen LogP contribution < -0.4 is 5.32 Å². The molecule has 1 aliphatic rings. The van der Waals surface area contributed by atoms with Crippen molar-refractivity contribution in [3.8, 4) is 0 Å². The van der Waals surface area contributed by atoms with Gasteiger partial charge in [0.15, 0.2) is 0 Å². The predicted octanol–water partition coefficient (Wildman–Crippen LogP) is 2.67. The van der Waals surface area contributed by atoms with E-state index in [9.17, 15) is 4.79 Å². The number of aromatic nitrogens is 1. The highest BCUT2D eigenvalue weighted by Gasteiger charge is 2.35. The normalized spacial score (nSPS) is 20.5. The zero-order chi connectivity index (χ0) is 18.7. The maximum atomic E-state index is 12.4. The van der Waals surface area contributed by atoms with Crippen LogP contribution in [0.15, 0.2) is 42.6 Å². The Bertz CT molecular complexity index is 740. The maximum Gasteiger partial charge on any atom is 0.239 e. The van der Waals surface area contributed by atoms with Gasteiger partial charge in [-0.1, -0.05) is 35.9 Å². The van der Waals surface area contributed by atoms with Gasteiger partial charge in [-0.15, -0.1) is 0 Å². The number of likely N-dealkylation sites (tertiary alicyclic amines) is 1. The number of hydrogen-bond donors (Lipinski definition) is 1.